The van der Waals surface area contributed by atoms with Crippen LogP contribution in [0.5, 0.6) is 0 Å². The summed E-state index contributed by atoms with van der Waals surface area (Å²) in [6, 6.07) is 5.62. The summed E-state index contributed by atoms with van der Waals surface area (Å²) >= 11 is 29.0. The second kappa shape index (κ2) is 52.0. The Balaban J connectivity index is -0.00000123. The molecule has 30 nitrogen and oxygen atoms in total. The molecule has 0 saturated carbocycles. The van der Waals surface area contributed by atoms with Gasteiger partial charge in [0.05, 0.1) is 48.2 Å². The number of carboxylic acid groups (broad SMARTS) is 2. The number of ether oxygens (including phenoxy) is 1. The van der Waals surface area contributed by atoms with E-state index in [-0.39, 0.29) is 99.5 Å². The zero-order chi connectivity index (χ0) is 86.3. The lowest BCUT2D eigenvalue weighted by molar-refractivity contribution is -0.142. The molecule has 11 N–H and O–H groups in total. The van der Waals surface area contributed by atoms with Gasteiger partial charge in [0.2, 0.25) is 0 Å². The maximum atomic E-state index is 12.4. The number of nitriles is 3. The van der Waals surface area contributed by atoms with Gasteiger partial charge in [0, 0.05) is 129 Å². The Morgan fingerprint density at radius 1 is 0.688 bits per heavy atom. The second-order valence-electron chi connectivity index (χ2n) is 28.6. The second-order valence-corrected chi connectivity index (χ2v) is 35.8. The summed E-state index contributed by atoms with van der Waals surface area (Å²) < 4.78 is 5.57. The zero-order valence-corrected chi connectivity index (χ0v) is 78.2. The van der Waals surface area contributed by atoms with Crippen LogP contribution in [0.2, 0.25) is 0 Å². The van der Waals surface area contributed by atoms with E-state index >= 15 is 0 Å². The molecule has 1 atom stereocenters. The number of aromatic nitrogens is 10. The Kier molecular flexibility index (Phi) is 50.3. The van der Waals surface area contributed by atoms with Gasteiger partial charge in [-0.3, -0.25) is 29.4 Å². The van der Waals surface area contributed by atoms with Gasteiger partial charge in [-0.1, -0.05) is 169 Å². The third kappa shape index (κ3) is 41.9. The number of aromatic carboxylic acids is 1. The molecule has 5 aromatic rings. The van der Waals surface area contributed by atoms with E-state index in [1.54, 1.807) is 79.2 Å². The van der Waals surface area contributed by atoms with Crippen molar-refractivity contribution in [3.63, 3.8) is 0 Å². The Bertz CT molecular complexity index is 4230. The largest absolute Gasteiger partial charge is 0.477 e. The Morgan fingerprint density at radius 3 is 1.41 bits per heavy atom. The number of nitrogens with zero attached hydrogens (tertiary/aromatic N) is 14. The number of nitrogens with one attached hydrogen (secondary N) is 3. The molecule has 1 saturated heterocycles. The van der Waals surface area contributed by atoms with Gasteiger partial charge in [-0.2, -0.15) is 15.8 Å². The van der Waals surface area contributed by atoms with Gasteiger partial charge >= 0.3 is 17.9 Å². The third-order valence-electron chi connectivity index (χ3n) is 12.8. The number of nitrogens with two attached hydrogens (primary N) is 3. The number of amides is 2. The van der Waals surface area contributed by atoms with E-state index in [9.17, 15) is 38.8 Å². The van der Waals surface area contributed by atoms with E-state index in [0.717, 1.165) is 44.6 Å². The number of esters is 1. The van der Waals surface area contributed by atoms with Crippen molar-refractivity contribution in [1.82, 2.24) is 65.4 Å². The number of aldehydes is 2. The summed E-state index contributed by atoms with van der Waals surface area (Å²) in [6.07, 6.45) is 16.1. The standard InChI is InChI=1S/C15H17N5OS.C14H14N4OS.C9H11BrN2O2.C9H12N2O.C8H11BrN2.C5H12N2.C5H7NO2.C4H2Br2O3.C2H4Br2.CH4N2S.ClH/c1-15(2,3)13-17-7-9(8-18-13)11-10(6-16)12(21)20-4-5-22-14(20)19-11;1-14(2,3)13-16-6-8(7-17-13)9-4-11(20)18-12(19)10(9)5-15;1-9(2,3)8-11-4-5(10)6(12-8)7(13)14;1-9(2,3)8-10-4-7(6-12)5-11-8;1-8(2,3)7-10-4-6(9)5-11-7;1-5(2,3)4(6)7;1-2-8-5(7)3-4-6;5-2(1-7)3(6)4(8)9;3-1-2-4;2-1(3)4;/h7-8,14,19H,4-5H2,1-3H3;6-7H,4H2,1-3H3,(H,18,19,20);4H,1-3H3,(H,13,14);4-6H,1-3H3;4-5H,1-3H3;1-3H3,(H3,6,7);2-3H2,1H3;1H,(H,8,9);1-2H2;(H4,2,3,4);1H/b;;;;;;;3-2-;;;. The lowest BCUT2D eigenvalue weighted by Crippen LogP contribution is -2.48. The number of carboxylic acids is 2. The van der Waals surface area contributed by atoms with E-state index in [0.29, 0.717) is 74.9 Å². The van der Waals surface area contributed by atoms with Crippen LogP contribution < -0.4 is 27.8 Å². The summed E-state index contributed by atoms with van der Waals surface area (Å²) in [5.74, 6) is 1.37. The van der Waals surface area contributed by atoms with Crippen molar-refractivity contribution in [2.24, 2.45) is 22.6 Å². The number of aliphatic carboxylic acids is 1. The van der Waals surface area contributed by atoms with Crippen molar-refractivity contribution in [1.29, 1.82) is 21.2 Å². The average molecular weight is 2010 g/mol. The number of allylic oxidation sites excluding steroid dienone is 1. The Morgan fingerprint density at radius 2 is 1.08 bits per heavy atom. The first-order valence-corrected chi connectivity index (χ1v) is 40.1. The fraction of sp³-hybridized carbons (Fsp3) is 0.458. The maximum absolute atomic E-state index is 12.4. The van der Waals surface area contributed by atoms with Gasteiger partial charge in [0.25, 0.3) is 11.8 Å². The first kappa shape index (κ1) is 109. The summed E-state index contributed by atoms with van der Waals surface area (Å²) in [5.41, 5.74) is 16.8. The van der Waals surface area contributed by atoms with Crippen LogP contribution in [0.3, 0.4) is 0 Å². The first-order valence-electron chi connectivity index (χ1n) is 32.9. The van der Waals surface area contributed by atoms with E-state index in [2.05, 4.69) is 205 Å². The number of thiocarbonyl (C=S) groups is 2. The molecule has 0 bridgehead atoms. The molecule has 0 radical (unpaired) electrons. The van der Waals surface area contributed by atoms with Crippen LogP contribution in [-0.2, 0) is 55.8 Å². The monoisotopic (exact) mass is 2000 g/mol. The lowest BCUT2D eigenvalue weighted by atomic mass is 9.94. The number of halogens is 7. The number of hydrogen-bond acceptors (Lipinski definition) is 26. The van der Waals surface area contributed by atoms with Gasteiger partial charge in [-0.25, -0.2) is 59.4 Å². The number of hydrogen-bond donors (Lipinski definition) is 8. The van der Waals surface area contributed by atoms with E-state index < -0.39 is 23.8 Å². The lowest BCUT2D eigenvalue weighted by Gasteiger charge is -2.31. The molecule has 3 aliphatic heterocycles. The predicted octanol–water partition coefficient (Wildman–Crippen LogP) is 13.8. The minimum absolute atomic E-state index is 0. The van der Waals surface area contributed by atoms with Crippen LogP contribution >= 0.6 is 144 Å². The highest BCUT2D eigenvalue weighted by atomic mass is 79.9. The minimum Gasteiger partial charge on any atom is -0.477 e. The van der Waals surface area contributed by atoms with Crippen molar-refractivity contribution >= 4 is 214 Å². The number of rotatable bonds is 9. The van der Waals surface area contributed by atoms with Gasteiger partial charge in [-0.15, -0.1) is 24.2 Å². The molecule has 0 spiro atoms. The van der Waals surface area contributed by atoms with Crippen LogP contribution in [0.4, 0.5) is 0 Å². The molecule has 1 unspecified atom stereocenters. The molecule has 5 aromatic heterocycles. The molecular formula is C72H95Br6ClN20O10S3. The van der Waals surface area contributed by atoms with Crippen LogP contribution in [0, 0.1) is 44.8 Å². The van der Waals surface area contributed by atoms with Crippen LogP contribution in [0.25, 0.3) is 11.3 Å². The zero-order valence-electron chi connectivity index (χ0n) is 65.4. The first-order chi connectivity index (χ1) is 51.1. The fourth-order valence-electron chi connectivity index (χ4n) is 7.07. The molecule has 8 heterocycles. The fourth-order valence-corrected chi connectivity index (χ4v) is 9.24. The third-order valence-corrected chi connectivity index (χ3v) is 18.9. The van der Waals surface area contributed by atoms with Crippen molar-refractivity contribution in [3.05, 3.63) is 136 Å². The summed E-state index contributed by atoms with van der Waals surface area (Å²) in [7, 11) is 0. The molecule has 112 heavy (non-hydrogen) atoms. The number of carbonyl (C=O) groups is 7. The van der Waals surface area contributed by atoms with Crippen LogP contribution in [0.1, 0.15) is 205 Å². The van der Waals surface area contributed by atoms with Crippen molar-refractivity contribution < 1.29 is 48.5 Å². The number of amidine groups is 1. The van der Waals surface area contributed by atoms with E-state index in [1.165, 1.54) is 6.20 Å². The van der Waals surface area contributed by atoms with Gasteiger partial charge in [0.1, 0.15) is 63.3 Å². The topological polar surface area (TPSA) is 499 Å². The highest BCUT2D eigenvalue weighted by molar-refractivity contribution is 9.14. The number of carbonyl (C=O) groups excluding carboxylic acids is 5. The van der Waals surface area contributed by atoms with Crippen LogP contribution in [0.15, 0.2) is 84.8 Å². The number of alkyl halides is 2. The summed E-state index contributed by atoms with van der Waals surface area (Å²) in [6.45, 7) is 38.8. The SMILES string of the molecule is BrCCBr.CC(C)(C)C(=N)N.CC(C)(C)c1ncc(Br)c(C(=O)O)n1.CC(C)(C)c1ncc(Br)cn1.CC(C)(C)c1ncc(C2=C(C#N)C(=O)N3CCSC3N2)cn1.CC(C)(C)c1ncc(C2=C(C#N)C(=O)NC(=S)C2)cn1.CC(C)(C)c1ncc(C=O)cn1.CCOC(=O)CC#N.Cl.NC(N)=S.O=C/C(Br)=C(/Br)C(=O)O. The molecule has 8 rings (SSSR count). The smallest absolute Gasteiger partial charge is 0.355 e. The number of fused-ring (bicyclic) bond motifs is 1. The Labute approximate surface area is 726 Å². The number of thioether (sulfide) groups is 1. The van der Waals surface area contributed by atoms with Crippen molar-refractivity contribution in [3.8, 4) is 18.2 Å². The molecule has 3 aliphatic rings. The van der Waals surface area contributed by atoms with Gasteiger partial charge < -0.3 is 47.7 Å². The molecular weight excluding hydrogens is 1920 g/mol. The Hall–Kier alpha value is -7.65. The normalized spacial score (nSPS) is 13.5. The van der Waals surface area contributed by atoms with Crippen molar-refractivity contribution in [2.45, 2.75) is 177 Å². The summed E-state index contributed by atoms with van der Waals surface area (Å²) in [5, 5.41) is 58.2. The van der Waals surface area contributed by atoms with Crippen molar-refractivity contribution in [2.75, 3.05) is 29.6 Å². The van der Waals surface area contributed by atoms with Gasteiger partial charge in [0.15, 0.2) is 28.9 Å². The quantitative estimate of drug-likeness (QED) is 0.0129. The highest BCUT2D eigenvalue weighted by Crippen LogP contribution is 2.33. The highest BCUT2D eigenvalue weighted by Gasteiger charge is 2.38. The molecule has 2 amide bonds. The molecule has 40 heteroatoms. The van der Waals surface area contributed by atoms with E-state index in [1.807, 2.05) is 116 Å². The predicted molar refractivity (Wildman–Crippen MR) is 466 cm³/mol. The van der Waals surface area contributed by atoms with E-state index in [4.69, 9.17) is 44.1 Å². The molecule has 610 valence electrons. The minimum atomic E-state index is -1.17. The summed E-state index contributed by atoms with van der Waals surface area (Å²) in [4.78, 5) is 119. The molecule has 0 aliphatic carbocycles. The maximum Gasteiger partial charge on any atom is 0.355 e. The average Bonchev–Trinajstić information content (AvgIpc) is 1.48. The van der Waals surface area contributed by atoms with Crippen LogP contribution in [-0.4, -0.2) is 158 Å². The van der Waals surface area contributed by atoms with Gasteiger partial charge in [-0.05, 0) is 88.4 Å². The molecule has 0 aromatic carbocycles. The molecule has 1 fully saturated rings.